The Bertz CT molecular complexity index is 1460. The second kappa shape index (κ2) is 8.71. The summed E-state index contributed by atoms with van der Waals surface area (Å²) < 4.78 is 11.4. The monoisotopic (exact) mass is 485 g/mol. The number of furan rings is 1. The van der Waals surface area contributed by atoms with E-state index in [1.165, 1.54) is 11.2 Å². The van der Waals surface area contributed by atoms with E-state index in [0.29, 0.717) is 34.7 Å². The number of fused-ring (bicyclic) bond motifs is 1. The molecule has 0 bridgehead atoms. The lowest BCUT2D eigenvalue weighted by Gasteiger charge is -2.24. The molecule has 1 atom stereocenters. The molecule has 3 heterocycles. The van der Waals surface area contributed by atoms with E-state index in [9.17, 15) is 14.7 Å². The van der Waals surface area contributed by atoms with E-state index in [0.717, 1.165) is 5.56 Å². The molecule has 2 N–H and O–H groups in total. The van der Waals surface area contributed by atoms with Crippen LogP contribution in [0.4, 0.5) is 5.95 Å². The Morgan fingerprint density at radius 2 is 1.92 bits per heavy atom. The molecule has 8 heteroatoms. The summed E-state index contributed by atoms with van der Waals surface area (Å²) in [4.78, 5) is 35.5. The SMILES string of the molecule is CCOc1ccc(/C(O)=C2\C(=O)C(=O)N(c3nc4ccccc4[nH]3)C2c2ccco2)cc1C(C)(C)C. The molecule has 1 amide bonds. The van der Waals surface area contributed by atoms with Crippen LogP contribution in [0.1, 0.15) is 50.6 Å². The van der Waals surface area contributed by atoms with E-state index in [4.69, 9.17) is 9.15 Å². The molecule has 5 rings (SSSR count). The van der Waals surface area contributed by atoms with Gasteiger partial charge in [0.05, 0.1) is 29.5 Å². The number of aromatic amines is 1. The zero-order valence-electron chi connectivity index (χ0n) is 20.5. The molecule has 1 aliphatic rings. The molecule has 2 aromatic carbocycles. The Balaban J connectivity index is 1.69. The number of carbonyl (C=O) groups excluding carboxylic acids is 2. The Hall–Kier alpha value is -4.33. The number of nitrogens with one attached hydrogen (secondary N) is 1. The number of rotatable bonds is 5. The number of aliphatic hydroxyl groups excluding tert-OH is 1. The minimum Gasteiger partial charge on any atom is -0.507 e. The van der Waals surface area contributed by atoms with Gasteiger partial charge in [-0.3, -0.25) is 14.5 Å². The summed E-state index contributed by atoms with van der Waals surface area (Å²) in [5.41, 5.74) is 2.28. The number of nitrogens with zero attached hydrogens (tertiary/aromatic N) is 2. The van der Waals surface area contributed by atoms with Gasteiger partial charge in [0.1, 0.15) is 23.3 Å². The Kier molecular flexibility index (Phi) is 5.67. The van der Waals surface area contributed by atoms with Crippen LogP contribution < -0.4 is 9.64 Å². The van der Waals surface area contributed by atoms with Crippen LogP contribution in [0.5, 0.6) is 5.75 Å². The quantitative estimate of drug-likeness (QED) is 0.220. The minimum atomic E-state index is -0.995. The predicted octanol–water partition coefficient (Wildman–Crippen LogP) is 5.48. The van der Waals surface area contributed by atoms with Crippen LogP contribution in [0.15, 0.2) is 70.9 Å². The summed E-state index contributed by atoms with van der Waals surface area (Å²) in [5, 5.41) is 11.5. The smallest absolute Gasteiger partial charge is 0.302 e. The molecule has 8 nitrogen and oxygen atoms in total. The molecule has 36 heavy (non-hydrogen) atoms. The molecule has 1 fully saturated rings. The zero-order chi connectivity index (χ0) is 25.6. The number of hydrogen-bond acceptors (Lipinski definition) is 6. The van der Waals surface area contributed by atoms with Gasteiger partial charge in [-0.05, 0) is 54.8 Å². The lowest BCUT2D eigenvalue weighted by atomic mass is 9.84. The third-order valence-corrected chi connectivity index (χ3v) is 6.22. The van der Waals surface area contributed by atoms with Crippen molar-refractivity contribution >= 4 is 34.4 Å². The normalized spacial score (nSPS) is 17.8. The maximum Gasteiger partial charge on any atom is 0.302 e. The fourth-order valence-corrected chi connectivity index (χ4v) is 4.52. The first kappa shape index (κ1) is 23.4. The molecule has 0 aliphatic carbocycles. The van der Waals surface area contributed by atoms with Crippen LogP contribution in [0, 0.1) is 0 Å². The predicted molar refractivity (Wildman–Crippen MR) is 136 cm³/mol. The number of ether oxygens (including phenoxy) is 1. The van der Waals surface area contributed by atoms with Crippen molar-refractivity contribution in [3.8, 4) is 5.75 Å². The fourth-order valence-electron chi connectivity index (χ4n) is 4.52. The number of aromatic nitrogens is 2. The number of Topliss-reactive ketones (excluding diaryl/α,β-unsaturated/α-hetero) is 1. The number of H-pyrrole nitrogens is 1. The third kappa shape index (κ3) is 3.84. The van der Waals surface area contributed by atoms with Gasteiger partial charge in [-0.25, -0.2) is 4.98 Å². The average Bonchev–Trinajstić information content (AvgIpc) is 3.57. The first-order chi connectivity index (χ1) is 17.2. The molecular weight excluding hydrogens is 458 g/mol. The number of carbonyl (C=O) groups is 2. The Labute approximate surface area is 208 Å². The van der Waals surface area contributed by atoms with Gasteiger partial charge in [0.15, 0.2) is 0 Å². The van der Waals surface area contributed by atoms with Crippen molar-refractivity contribution in [3.63, 3.8) is 0 Å². The van der Waals surface area contributed by atoms with Crippen molar-refractivity contribution in [2.45, 2.75) is 39.2 Å². The maximum absolute atomic E-state index is 13.4. The molecule has 0 saturated carbocycles. The van der Waals surface area contributed by atoms with Crippen LogP contribution in [-0.2, 0) is 15.0 Å². The molecular formula is C28H27N3O5. The molecule has 0 spiro atoms. The van der Waals surface area contributed by atoms with Gasteiger partial charge in [0.25, 0.3) is 5.78 Å². The number of aliphatic hydroxyl groups is 1. The number of para-hydroxylation sites is 2. The first-order valence-corrected chi connectivity index (χ1v) is 11.8. The van der Waals surface area contributed by atoms with E-state index in [1.807, 2.05) is 52.0 Å². The highest BCUT2D eigenvalue weighted by molar-refractivity contribution is 6.51. The minimum absolute atomic E-state index is 0.0700. The topological polar surface area (TPSA) is 109 Å². The second-order valence-electron chi connectivity index (χ2n) is 9.66. The Morgan fingerprint density at radius 1 is 1.14 bits per heavy atom. The maximum atomic E-state index is 13.4. The van der Waals surface area contributed by atoms with Crippen molar-refractivity contribution in [3.05, 3.63) is 83.3 Å². The highest BCUT2D eigenvalue weighted by Gasteiger charge is 2.49. The highest BCUT2D eigenvalue weighted by atomic mass is 16.5. The van der Waals surface area contributed by atoms with E-state index in [-0.39, 0.29) is 22.7 Å². The van der Waals surface area contributed by atoms with Gasteiger partial charge in [0.2, 0.25) is 5.95 Å². The third-order valence-electron chi connectivity index (χ3n) is 6.22. The van der Waals surface area contributed by atoms with Gasteiger partial charge in [0, 0.05) is 11.1 Å². The molecule has 184 valence electrons. The number of ketones is 1. The standard InChI is InChI=1S/C28H27N3O5/c1-5-35-20-13-12-16(15-17(20)28(2,3)4)24(32)22-23(21-11-8-14-36-21)31(26(34)25(22)33)27-29-18-9-6-7-10-19(18)30-27/h6-15,23,32H,5H2,1-4H3,(H,29,30)/b24-22+. The van der Waals surface area contributed by atoms with E-state index in [1.54, 1.807) is 30.3 Å². The van der Waals surface area contributed by atoms with Crippen LogP contribution in [0.2, 0.25) is 0 Å². The van der Waals surface area contributed by atoms with Gasteiger partial charge in [-0.1, -0.05) is 32.9 Å². The van der Waals surface area contributed by atoms with Crippen LogP contribution >= 0.6 is 0 Å². The number of hydrogen-bond donors (Lipinski definition) is 2. The highest BCUT2D eigenvalue weighted by Crippen LogP contribution is 2.43. The first-order valence-electron chi connectivity index (χ1n) is 11.8. The molecule has 2 aromatic heterocycles. The average molecular weight is 486 g/mol. The number of amides is 1. The number of benzene rings is 2. The van der Waals surface area contributed by atoms with Gasteiger partial charge >= 0.3 is 5.91 Å². The van der Waals surface area contributed by atoms with E-state index >= 15 is 0 Å². The Morgan fingerprint density at radius 3 is 2.58 bits per heavy atom. The number of imidazole rings is 1. The van der Waals surface area contributed by atoms with Crippen molar-refractivity contribution in [2.24, 2.45) is 0 Å². The zero-order valence-corrected chi connectivity index (χ0v) is 20.5. The summed E-state index contributed by atoms with van der Waals surface area (Å²) in [6.45, 7) is 8.52. The second-order valence-corrected chi connectivity index (χ2v) is 9.66. The van der Waals surface area contributed by atoms with Crippen molar-refractivity contribution in [1.29, 1.82) is 0 Å². The summed E-state index contributed by atoms with van der Waals surface area (Å²) in [6.07, 6.45) is 1.46. The summed E-state index contributed by atoms with van der Waals surface area (Å²) in [7, 11) is 0. The van der Waals surface area contributed by atoms with Crippen LogP contribution in [0.25, 0.3) is 16.8 Å². The van der Waals surface area contributed by atoms with Crippen LogP contribution in [0.3, 0.4) is 0 Å². The number of anilines is 1. The molecule has 0 radical (unpaired) electrons. The van der Waals surface area contributed by atoms with Gasteiger partial charge < -0.3 is 19.2 Å². The lowest BCUT2D eigenvalue weighted by molar-refractivity contribution is -0.132. The summed E-state index contributed by atoms with van der Waals surface area (Å²) in [6, 6.07) is 14.9. The molecule has 1 unspecified atom stereocenters. The van der Waals surface area contributed by atoms with Crippen molar-refractivity contribution in [2.75, 3.05) is 11.5 Å². The van der Waals surface area contributed by atoms with Crippen LogP contribution in [-0.4, -0.2) is 33.4 Å². The molecule has 1 saturated heterocycles. The van der Waals surface area contributed by atoms with Gasteiger partial charge in [-0.2, -0.15) is 0 Å². The summed E-state index contributed by atoms with van der Waals surface area (Å²) in [5.74, 6) is -0.688. The van der Waals surface area contributed by atoms with E-state index in [2.05, 4.69) is 9.97 Å². The molecule has 1 aliphatic heterocycles. The van der Waals surface area contributed by atoms with Crippen molar-refractivity contribution in [1.82, 2.24) is 9.97 Å². The van der Waals surface area contributed by atoms with Crippen molar-refractivity contribution < 1.29 is 23.8 Å². The molecule has 4 aromatic rings. The fraction of sp³-hybridized carbons (Fsp3) is 0.250. The van der Waals surface area contributed by atoms with Gasteiger partial charge in [-0.15, -0.1) is 0 Å². The van der Waals surface area contributed by atoms with E-state index < -0.39 is 17.7 Å². The largest absolute Gasteiger partial charge is 0.507 e. The lowest BCUT2D eigenvalue weighted by Crippen LogP contribution is -2.30. The summed E-state index contributed by atoms with van der Waals surface area (Å²) >= 11 is 0.